The van der Waals surface area contributed by atoms with Gasteiger partial charge in [0.25, 0.3) is 5.91 Å². The van der Waals surface area contributed by atoms with Crippen LogP contribution in [0.4, 0.5) is 14.5 Å². The largest absolute Gasteiger partial charge is 0.377 e. The van der Waals surface area contributed by atoms with Gasteiger partial charge < -0.3 is 15.8 Å². The summed E-state index contributed by atoms with van der Waals surface area (Å²) in [6, 6.07) is 1.70. The Hall–Kier alpha value is -1.69. The van der Waals surface area contributed by atoms with Gasteiger partial charge in [-0.25, -0.2) is 8.78 Å². The van der Waals surface area contributed by atoms with E-state index in [1.807, 2.05) is 0 Å². The summed E-state index contributed by atoms with van der Waals surface area (Å²) in [6.07, 6.45) is 0. The number of rotatable bonds is 3. The summed E-state index contributed by atoms with van der Waals surface area (Å²) >= 11 is 0. The summed E-state index contributed by atoms with van der Waals surface area (Å²) in [5, 5.41) is 2.79. The van der Waals surface area contributed by atoms with Gasteiger partial charge in [0.2, 0.25) is 0 Å². The highest BCUT2D eigenvalue weighted by Crippen LogP contribution is 2.21. The molecule has 1 aliphatic rings. The van der Waals surface area contributed by atoms with Gasteiger partial charge in [0.05, 0.1) is 30.5 Å². The van der Waals surface area contributed by atoms with Crippen molar-refractivity contribution < 1.29 is 18.3 Å². The van der Waals surface area contributed by atoms with E-state index in [0.29, 0.717) is 19.3 Å². The van der Waals surface area contributed by atoms with E-state index in [2.05, 4.69) is 5.32 Å². The highest BCUT2D eigenvalue weighted by atomic mass is 19.1. The first-order valence-electron chi connectivity index (χ1n) is 4.71. The first-order chi connectivity index (χ1) is 7.58. The maximum absolute atomic E-state index is 13.3. The molecule has 2 rings (SSSR count). The topological polar surface area (TPSA) is 64.4 Å². The van der Waals surface area contributed by atoms with E-state index >= 15 is 0 Å². The Morgan fingerprint density at radius 3 is 2.56 bits per heavy atom. The zero-order valence-electron chi connectivity index (χ0n) is 8.30. The van der Waals surface area contributed by atoms with Gasteiger partial charge in [-0.3, -0.25) is 4.79 Å². The van der Waals surface area contributed by atoms with Gasteiger partial charge in [0.15, 0.2) is 0 Å². The van der Waals surface area contributed by atoms with E-state index in [1.54, 1.807) is 0 Å². The minimum Gasteiger partial charge on any atom is -0.377 e. The van der Waals surface area contributed by atoms with Crippen LogP contribution in [-0.4, -0.2) is 25.2 Å². The molecule has 0 unspecified atom stereocenters. The third-order valence-electron chi connectivity index (χ3n) is 2.32. The quantitative estimate of drug-likeness (QED) is 0.807. The molecular weight excluding hydrogens is 218 g/mol. The molecule has 0 bridgehead atoms. The number of amides is 1. The maximum atomic E-state index is 13.3. The lowest BCUT2D eigenvalue weighted by molar-refractivity contribution is 0.0210. The minimum atomic E-state index is -0.958. The molecule has 0 aliphatic carbocycles. The van der Waals surface area contributed by atoms with Crippen molar-refractivity contribution in [1.82, 2.24) is 0 Å². The monoisotopic (exact) mass is 228 g/mol. The minimum absolute atomic E-state index is 0.0133. The Bertz CT molecular complexity index is 433. The van der Waals surface area contributed by atoms with Crippen LogP contribution in [0.2, 0.25) is 0 Å². The molecule has 0 atom stereocenters. The van der Waals surface area contributed by atoms with E-state index in [9.17, 15) is 13.6 Å². The molecule has 0 aromatic heterocycles. The van der Waals surface area contributed by atoms with Gasteiger partial charge in [0.1, 0.15) is 11.6 Å². The van der Waals surface area contributed by atoms with E-state index in [4.69, 9.17) is 10.5 Å². The molecule has 16 heavy (non-hydrogen) atoms. The van der Waals surface area contributed by atoms with Crippen molar-refractivity contribution in [2.45, 2.75) is 6.04 Å². The molecule has 0 spiro atoms. The van der Waals surface area contributed by atoms with Crippen molar-refractivity contribution in [3.8, 4) is 0 Å². The van der Waals surface area contributed by atoms with Crippen LogP contribution in [0.5, 0.6) is 0 Å². The molecule has 6 heteroatoms. The number of hydrogen-bond acceptors (Lipinski definition) is 3. The molecular formula is C10H10F2N2O2. The highest BCUT2D eigenvalue weighted by molar-refractivity contribution is 5.94. The second kappa shape index (κ2) is 4.05. The van der Waals surface area contributed by atoms with Gasteiger partial charge in [-0.1, -0.05) is 0 Å². The lowest BCUT2D eigenvalue weighted by Gasteiger charge is -2.28. The van der Waals surface area contributed by atoms with Crippen molar-refractivity contribution in [3.05, 3.63) is 29.3 Å². The molecule has 4 nitrogen and oxygen atoms in total. The summed E-state index contributed by atoms with van der Waals surface area (Å²) in [5.74, 6) is -2.64. The van der Waals surface area contributed by atoms with Crippen LogP contribution in [0.3, 0.4) is 0 Å². The van der Waals surface area contributed by atoms with Crippen LogP contribution in [0.25, 0.3) is 0 Å². The van der Waals surface area contributed by atoms with E-state index in [1.165, 1.54) is 0 Å². The van der Waals surface area contributed by atoms with Gasteiger partial charge in [-0.2, -0.15) is 0 Å². The number of hydrogen-bond donors (Lipinski definition) is 2. The van der Waals surface area contributed by atoms with Crippen LogP contribution in [0, 0.1) is 11.6 Å². The molecule has 1 fully saturated rings. The van der Waals surface area contributed by atoms with Crippen molar-refractivity contribution in [1.29, 1.82) is 0 Å². The zero-order valence-corrected chi connectivity index (χ0v) is 8.30. The molecule has 1 amide bonds. The van der Waals surface area contributed by atoms with Crippen LogP contribution in [-0.2, 0) is 4.74 Å². The van der Waals surface area contributed by atoms with Crippen LogP contribution in [0.15, 0.2) is 12.1 Å². The van der Waals surface area contributed by atoms with E-state index < -0.39 is 17.5 Å². The van der Waals surface area contributed by atoms with Crippen molar-refractivity contribution in [2.75, 3.05) is 18.5 Å². The SMILES string of the molecule is NC(=O)c1cc(NC2COC2)c(F)cc1F. The summed E-state index contributed by atoms with van der Waals surface area (Å²) in [5.41, 5.74) is 4.69. The number of carbonyl (C=O) groups is 1. The third-order valence-corrected chi connectivity index (χ3v) is 2.32. The van der Waals surface area contributed by atoms with Crippen molar-refractivity contribution >= 4 is 11.6 Å². The summed E-state index contributed by atoms with van der Waals surface area (Å²) < 4.78 is 31.3. The molecule has 1 aromatic carbocycles. The van der Waals surface area contributed by atoms with Gasteiger partial charge in [-0.15, -0.1) is 0 Å². The average molecular weight is 228 g/mol. The number of anilines is 1. The van der Waals surface area contributed by atoms with Crippen molar-refractivity contribution in [2.24, 2.45) is 5.73 Å². The fraction of sp³-hybridized carbons (Fsp3) is 0.300. The molecule has 86 valence electrons. The highest BCUT2D eigenvalue weighted by Gasteiger charge is 2.21. The van der Waals surface area contributed by atoms with Gasteiger partial charge in [0, 0.05) is 6.07 Å². The lowest BCUT2D eigenvalue weighted by Crippen LogP contribution is -2.40. The van der Waals surface area contributed by atoms with E-state index in [-0.39, 0.29) is 17.3 Å². The first-order valence-corrected chi connectivity index (χ1v) is 4.71. The fourth-order valence-electron chi connectivity index (χ4n) is 1.39. The van der Waals surface area contributed by atoms with Crippen LogP contribution in [0.1, 0.15) is 10.4 Å². The van der Waals surface area contributed by atoms with Crippen LogP contribution < -0.4 is 11.1 Å². The van der Waals surface area contributed by atoms with Gasteiger partial charge >= 0.3 is 0 Å². The molecule has 1 aromatic rings. The Balaban J connectivity index is 2.28. The smallest absolute Gasteiger partial charge is 0.251 e. The fourth-order valence-corrected chi connectivity index (χ4v) is 1.39. The Labute approximate surface area is 90.4 Å². The molecule has 0 radical (unpaired) electrons. The second-order valence-electron chi connectivity index (χ2n) is 3.55. The lowest BCUT2D eigenvalue weighted by atomic mass is 10.1. The Morgan fingerprint density at radius 1 is 1.38 bits per heavy atom. The normalized spacial score (nSPS) is 15.6. The number of primary amides is 1. The summed E-state index contributed by atoms with van der Waals surface area (Å²) in [6.45, 7) is 0.922. The Kier molecular flexibility index (Phi) is 2.74. The summed E-state index contributed by atoms with van der Waals surface area (Å²) in [7, 11) is 0. The average Bonchev–Trinajstić information content (AvgIpc) is 2.13. The molecule has 1 heterocycles. The predicted octanol–water partition coefficient (Wildman–Crippen LogP) is 0.874. The number of halogens is 2. The van der Waals surface area contributed by atoms with E-state index in [0.717, 1.165) is 6.07 Å². The first kappa shape index (κ1) is 10.8. The molecule has 0 saturated carbocycles. The number of benzene rings is 1. The van der Waals surface area contributed by atoms with Crippen LogP contribution >= 0.6 is 0 Å². The zero-order chi connectivity index (χ0) is 11.7. The number of nitrogens with one attached hydrogen (secondary N) is 1. The van der Waals surface area contributed by atoms with Crippen molar-refractivity contribution in [3.63, 3.8) is 0 Å². The number of nitrogens with two attached hydrogens (primary N) is 1. The second-order valence-corrected chi connectivity index (χ2v) is 3.55. The third kappa shape index (κ3) is 1.96. The molecule has 1 saturated heterocycles. The summed E-state index contributed by atoms with van der Waals surface area (Å²) in [4.78, 5) is 10.9. The van der Waals surface area contributed by atoms with Gasteiger partial charge in [-0.05, 0) is 6.07 Å². The number of carbonyl (C=O) groups excluding carboxylic acids is 1. The predicted molar refractivity (Wildman–Crippen MR) is 53.1 cm³/mol. The standard InChI is InChI=1S/C10H10F2N2O2/c11-7-2-8(12)9(1-6(7)10(13)15)14-5-3-16-4-5/h1-2,5,14H,3-4H2,(H2,13,15). The molecule has 3 N–H and O–H groups in total. The maximum Gasteiger partial charge on any atom is 0.251 e. The molecule has 1 aliphatic heterocycles. The number of ether oxygens (including phenoxy) is 1. The Morgan fingerprint density at radius 2 is 2.06 bits per heavy atom.